The molecule has 1 aliphatic heterocycles. The molecule has 0 bridgehead atoms. The summed E-state index contributed by atoms with van der Waals surface area (Å²) >= 11 is 6.06. The number of benzene rings is 2. The number of hydrogen-bond donors (Lipinski definition) is 1. The molecule has 1 amide bonds. The van der Waals surface area contributed by atoms with Gasteiger partial charge in [-0.05, 0) is 43.2 Å². The van der Waals surface area contributed by atoms with Gasteiger partial charge < -0.3 is 14.5 Å². The summed E-state index contributed by atoms with van der Waals surface area (Å²) in [7, 11) is 0. The van der Waals surface area contributed by atoms with Crippen LogP contribution in [-0.4, -0.2) is 43.7 Å². The Morgan fingerprint density at radius 3 is 2.59 bits per heavy atom. The average Bonchev–Trinajstić information content (AvgIpc) is 3.06. The van der Waals surface area contributed by atoms with Gasteiger partial charge in [0.15, 0.2) is 5.76 Å². The van der Waals surface area contributed by atoms with Gasteiger partial charge in [-0.25, -0.2) is 0 Å². The number of halogens is 1. The van der Waals surface area contributed by atoms with E-state index in [-0.39, 0.29) is 11.9 Å². The van der Waals surface area contributed by atoms with Gasteiger partial charge in [0.25, 0.3) is 5.91 Å². The summed E-state index contributed by atoms with van der Waals surface area (Å²) in [6, 6.07) is 13.9. The third kappa shape index (κ3) is 4.32. The van der Waals surface area contributed by atoms with Crippen molar-refractivity contribution < 1.29 is 13.9 Å². The Kier molecular flexibility index (Phi) is 5.90. The Morgan fingerprint density at radius 2 is 1.86 bits per heavy atom. The first-order valence-corrected chi connectivity index (χ1v) is 10.3. The second-order valence-corrected chi connectivity index (χ2v) is 7.92. The molecular formula is C23H25ClN2O3. The fourth-order valence-corrected chi connectivity index (χ4v) is 3.98. The van der Waals surface area contributed by atoms with E-state index in [4.69, 9.17) is 20.8 Å². The van der Waals surface area contributed by atoms with Gasteiger partial charge >= 0.3 is 0 Å². The number of morpholine rings is 1. The minimum Gasteiger partial charge on any atom is -0.451 e. The number of amides is 1. The van der Waals surface area contributed by atoms with Gasteiger partial charge in [-0.15, -0.1) is 0 Å². The van der Waals surface area contributed by atoms with Gasteiger partial charge in [0, 0.05) is 35.6 Å². The van der Waals surface area contributed by atoms with Crippen LogP contribution in [0.15, 0.2) is 46.9 Å². The molecule has 5 nitrogen and oxygen atoms in total. The van der Waals surface area contributed by atoms with Crippen molar-refractivity contribution in [3.8, 4) is 0 Å². The Bertz CT molecular complexity index is 1010. The molecule has 0 aliphatic carbocycles. The summed E-state index contributed by atoms with van der Waals surface area (Å²) in [4.78, 5) is 15.3. The van der Waals surface area contributed by atoms with Crippen molar-refractivity contribution in [2.45, 2.75) is 19.9 Å². The number of fused-ring (bicyclic) bond motifs is 1. The summed E-state index contributed by atoms with van der Waals surface area (Å²) < 4.78 is 11.4. The number of nitrogens with zero attached hydrogens (tertiary/aromatic N) is 1. The van der Waals surface area contributed by atoms with E-state index in [1.54, 1.807) is 0 Å². The first-order valence-electron chi connectivity index (χ1n) is 9.88. The van der Waals surface area contributed by atoms with Crippen LogP contribution in [0.5, 0.6) is 0 Å². The maximum absolute atomic E-state index is 12.9. The number of carbonyl (C=O) groups excluding carboxylic acids is 1. The lowest BCUT2D eigenvalue weighted by Gasteiger charge is -2.34. The van der Waals surface area contributed by atoms with Crippen molar-refractivity contribution in [2.75, 3.05) is 32.8 Å². The highest BCUT2D eigenvalue weighted by molar-refractivity contribution is 6.30. The van der Waals surface area contributed by atoms with Crippen LogP contribution in [-0.2, 0) is 4.74 Å². The van der Waals surface area contributed by atoms with E-state index in [2.05, 4.69) is 10.2 Å². The quantitative estimate of drug-likeness (QED) is 0.670. The average molecular weight is 413 g/mol. The first-order chi connectivity index (χ1) is 14.0. The zero-order valence-electron chi connectivity index (χ0n) is 16.7. The second kappa shape index (κ2) is 8.57. The van der Waals surface area contributed by atoms with Gasteiger partial charge in [0.05, 0.1) is 19.3 Å². The van der Waals surface area contributed by atoms with Gasteiger partial charge in [0.1, 0.15) is 5.58 Å². The molecule has 6 heteroatoms. The Hall–Kier alpha value is -2.34. The maximum Gasteiger partial charge on any atom is 0.287 e. The lowest BCUT2D eigenvalue weighted by Crippen LogP contribution is -2.43. The third-order valence-electron chi connectivity index (χ3n) is 5.50. The SMILES string of the molecule is Cc1ccc2c(C)c(C(=O)NC[C@@H](c3ccc(Cl)cc3)N3CCOCC3)oc2c1. The van der Waals surface area contributed by atoms with Gasteiger partial charge in [-0.3, -0.25) is 9.69 Å². The molecule has 1 aromatic heterocycles. The van der Waals surface area contributed by atoms with E-state index >= 15 is 0 Å². The summed E-state index contributed by atoms with van der Waals surface area (Å²) in [5, 5.41) is 4.75. The number of aryl methyl sites for hydroxylation is 2. The summed E-state index contributed by atoms with van der Waals surface area (Å²) in [6.45, 7) is 7.46. The Morgan fingerprint density at radius 1 is 1.14 bits per heavy atom. The predicted molar refractivity (Wildman–Crippen MR) is 115 cm³/mol. The first kappa shape index (κ1) is 20.0. The zero-order valence-corrected chi connectivity index (χ0v) is 17.5. The molecule has 1 atom stereocenters. The fourth-order valence-electron chi connectivity index (χ4n) is 3.85. The fraction of sp³-hybridized carbons (Fsp3) is 0.348. The molecule has 0 saturated carbocycles. The molecule has 1 N–H and O–H groups in total. The summed E-state index contributed by atoms with van der Waals surface area (Å²) in [5.74, 6) is 0.186. The van der Waals surface area contributed by atoms with Crippen LogP contribution in [0.1, 0.15) is 33.3 Å². The number of nitrogens with one attached hydrogen (secondary N) is 1. The smallest absolute Gasteiger partial charge is 0.287 e. The van der Waals surface area contributed by atoms with E-state index in [1.165, 1.54) is 0 Å². The Balaban J connectivity index is 1.54. The molecular weight excluding hydrogens is 388 g/mol. The van der Waals surface area contributed by atoms with Crippen LogP contribution < -0.4 is 5.32 Å². The number of carbonyl (C=O) groups is 1. The van der Waals surface area contributed by atoms with Crippen LogP contribution in [0.2, 0.25) is 5.02 Å². The van der Waals surface area contributed by atoms with E-state index in [1.807, 2.05) is 56.3 Å². The van der Waals surface area contributed by atoms with Crippen LogP contribution in [0.25, 0.3) is 11.0 Å². The standard InChI is InChI=1S/C23H25ClN2O3/c1-15-3-8-19-16(2)22(29-21(19)13-15)23(27)25-14-20(26-9-11-28-12-10-26)17-4-6-18(24)7-5-17/h3-8,13,20H,9-12,14H2,1-2H3,(H,25,27)/t20-/m0/s1. The zero-order chi connectivity index (χ0) is 20.4. The Labute approximate surface area is 175 Å². The lowest BCUT2D eigenvalue weighted by atomic mass is 10.0. The molecule has 0 unspecified atom stereocenters. The van der Waals surface area contributed by atoms with Crippen LogP contribution in [0.3, 0.4) is 0 Å². The van der Waals surface area contributed by atoms with Gasteiger partial charge in [-0.2, -0.15) is 0 Å². The number of ether oxygens (including phenoxy) is 1. The van der Waals surface area contributed by atoms with Crippen LogP contribution >= 0.6 is 11.6 Å². The molecule has 29 heavy (non-hydrogen) atoms. The molecule has 2 heterocycles. The maximum atomic E-state index is 12.9. The summed E-state index contributed by atoms with van der Waals surface area (Å²) in [6.07, 6.45) is 0. The second-order valence-electron chi connectivity index (χ2n) is 7.48. The minimum absolute atomic E-state index is 0.0482. The molecule has 4 rings (SSSR count). The van der Waals surface area contributed by atoms with Crippen LogP contribution in [0, 0.1) is 13.8 Å². The molecule has 2 aromatic carbocycles. The normalized spacial score (nSPS) is 16.1. The number of hydrogen-bond acceptors (Lipinski definition) is 4. The minimum atomic E-state index is -0.191. The highest BCUT2D eigenvalue weighted by atomic mass is 35.5. The van der Waals surface area contributed by atoms with Crippen molar-refractivity contribution in [3.63, 3.8) is 0 Å². The molecule has 1 aliphatic rings. The van der Waals surface area contributed by atoms with Crippen LogP contribution in [0.4, 0.5) is 0 Å². The number of furan rings is 1. The van der Waals surface area contributed by atoms with E-state index in [0.717, 1.165) is 40.7 Å². The third-order valence-corrected chi connectivity index (χ3v) is 5.75. The highest BCUT2D eigenvalue weighted by Crippen LogP contribution is 2.27. The highest BCUT2D eigenvalue weighted by Gasteiger charge is 2.25. The largest absolute Gasteiger partial charge is 0.451 e. The monoisotopic (exact) mass is 412 g/mol. The molecule has 1 saturated heterocycles. The predicted octanol–water partition coefficient (Wildman–Crippen LogP) is 4.51. The molecule has 1 fully saturated rings. The van der Waals surface area contributed by atoms with Crippen molar-refractivity contribution in [1.82, 2.24) is 10.2 Å². The molecule has 0 spiro atoms. The van der Waals surface area contributed by atoms with E-state index in [0.29, 0.717) is 30.5 Å². The van der Waals surface area contributed by atoms with E-state index < -0.39 is 0 Å². The van der Waals surface area contributed by atoms with Crippen molar-refractivity contribution in [1.29, 1.82) is 0 Å². The van der Waals surface area contributed by atoms with E-state index in [9.17, 15) is 4.79 Å². The van der Waals surface area contributed by atoms with Crippen molar-refractivity contribution >= 4 is 28.5 Å². The topological polar surface area (TPSA) is 54.7 Å². The van der Waals surface area contributed by atoms with Crippen molar-refractivity contribution in [3.05, 3.63) is 69.9 Å². The molecule has 0 radical (unpaired) electrons. The molecule has 3 aromatic rings. The lowest BCUT2D eigenvalue weighted by molar-refractivity contribution is 0.0161. The van der Waals surface area contributed by atoms with Gasteiger partial charge in [-0.1, -0.05) is 35.9 Å². The van der Waals surface area contributed by atoms with Crippen molar-refractivity contribution in [2.24, 2.45) is 0 Å². The number of rotatable bonds is 5. The summed E-state index contributed by atoms with van der Waals surface area (Å²) in [5.41, 5.74) is 3.84. The molecule has 152 valence electrons. The van der Waals surface area contributed by atoms with Gasteiger partial charge in [0.2, 0.25) is 0 Å².